The number of carbonyl (C=O) groups is 1. The Morgan fingerprint density at radius 3 is 2.79 bits per heavy atom. The average molecular weight is 265 g/mol. The highest BCUT2D eigenvalue weighted by molar-refractivity contribution is 5.69. The van der Waals surface area contributed by atoms with Gasteiger partial charge in [0.05, 0.1) is 12.2 Å². The normalized spacial score (nSPS) is 16.4. The number of carboxylic acids is 1. The van der Waals surface area contributed by atoms with Crippen molar-refractivity contribution in [1.82, 2.24) is 14.7 Å². The minimum atomic E-state index is -0.742. The molecule has 1 aromatic rings. The third-order valence-electron chi connectivity index (χ3n) is 3.88. The maximum Gasteiger partial charge on any atom is 0.317 e. The molecule has 0 atom stereocenters. The second-order valence-electron chi connectivity index (χ2n) is 5.37. The molecule has 1 saturated carbocycles. The lowest BCUT2D eigenvalue weighted by Gasteiger charge is -2.26. The predicted octanol–water partition coefficient (Wildman–Crippen LogP) is 1.81. The first kappa shape index (κ1) is 14.1. The van der Waals surface area contributed by atoms with Gasteiger partial charge in [0.1, 0.15) is 0 Å². The fourth-order valence-electron chi connectivity index (χ4n) is 2.99. The molecule has 0 bridgehead atoms. The topological polar surface area (TPSA) is 58.4 Å². The summed E-state index contributed by atoms with van der Waals surface area (Å²) in [5.74, 6) is -0.742. The van der Waals surface area contributed by atoms with Crippen molar-refractivity contribution >= 4 is 5.97 Å². The number of hydrogen-bond donors (Lipinski definition) is 1. The SMILES string of the molecule is CCc1nn(C)cc1CN(CC(=O)O)C1CCCC1. The van der Waals surface area contributed by atoms with Crippen LogP contribution in [0.2, 0.25) is 0 Å². The molecular formula is C14H23N3O2. The first-order valence-electron chi connectivity index (χ1n) is 7.07. The number of rotatable bonds is 6. The van der Waals surface area contributed by atoms with Crippen molar-refractivity contribution in [1.29, 1.82) is 0 Å². The quantitative estimate of drug-likeness (QED) is 0.852. The monoisotopic (exact) mass is 265 g/mol. The summed E-state index contributed by atoms with van der Waals surface area (Å²) >= 11 is 0. The van der Waals surface area contributed by atoms with E-state index in [9.17, 15) is 4.79 Å². The molecule has 0 saturated heterocycles. The van der Waals surface area contributed by atoms with E-state index in [4.69, 9.17) is 5.11 Å². The molecule has 0 aliphatic heterocycles. The first-order chi connectivity index (χ1) is 9.10. The highest BCUT2D eigenvalue weighted by atomic mass is 16.4. The standard InChI is InChI=1S/C14H23N3O2/c1-3-13-11(8-16(2)15-13)9-17(10-14(18)19)12-6-4-5-7-12/h8,12H,3-7,9-10H2,1-2H3,(H,18,19). The van der Waals surface area contributed by atoms with Gasteiger partial charge < -0.3 is 5.11 Å². The summed E-state index contributed by atoms with van der Waals surface area (Å²) in [6, 6.07) is 0.418. The van der Waals surface area contributed by atoms with Gasteiger partial charge in [-0.2, -0.15) is 5.10 Å². The third kappa shape index (κ3) is 3.56. The van der Waals surface area contributed by atoms with Gasteiger partial charge in [0.2, 0.25) is 0 Å². The third-order valence-corrected chi connectivity index (χ3v) is 3.88. The maximum atomic E-state index is 11.1. The van der Waals surface area contributed by atoms with Crippen molar-refractivity contribution in [2.45, 2.75) is 51.6 Å². The highest BCUT2D eigenvalue weighted by Gasteiger charge is 2.25. The molecule has 0 amide bonds. The van der Waals surface area contributed by atoms with Crippen molar-refractivity contribution < 1.29 is 9.90 Å². The minimum Gasteiger partial charge on any atom is -0.480 e. The summed E-state index contributed by atoms with van der Waals surface area (Å²) in [6.07, 6.45) is 7.58. The molecule has 1 N–H and O–H groups in total. The van der Waals surface area contributed by atoms with E-state index in [0.29, 0.717) is 12.6 Å². The molecule has 106 valence electrons. The zero-order valence-electron chi connectivity index (χ0n) is 11.8. The van der Waals surface area contributed by atoms with Crippen LogP contribution >= 0.6 is 0 Å². The van der Waals surface area contributed by atoms with Crippen LogP contribution in [0.3, 0.4) is 0 Å². The van der Waals surface area contributed by atoms with E-state index in [-0.39, 0.29) is 6.54 Å². The predicted molar refractivity (Wildman–Crippen MR) is 72.9 cm³/mol. The van der Waals surface area contributed by atoms with E-state index >= 15 is 0 Å². The first-order valence-corrected chi connectivity index (χ1v) is 7.07. The lowest BCUT2D eigenvalue weighted by Crippen LogP contribution is -2.37. The van der Waals surface area contributed by atoms with Crippen molar-refractivity contribution in [3.63, 3.8) is 0 Å². The summed E-state index contributed by atoms with van der Waals surface area (Å²) in [5.41, 5.74) is 2.24. The lowest BCUT2D eigenvalue weighted by atomic mass is 10.1. The van der Waals surface area contributed by atoms with E-state index in [1.165, 1.54) is 12.8 Å². The second-order valence-corrected chi connectivity index (χ2v) is 5.37. The van der Waals surface area contributed by atoms with Crippen LogP contribution in [0.25, 0.3) is 0 Å². The van der Waals surface area contributed by atoms with Gasteiger partial charge in [0, 0.05) is 31.4 Å². The van der Waals surface area contributed by atoms with Gasteiger partial charge in [-0.05, 0) is 19.3 Å². The summed E-state index contributed by atoms with van der Waals surface area (Å²) < 4.78 is 1.82. The molecule has 0 unspecified atom stereocenters. The Balaban J connectivity index is 2.11. The maximum absolute atomic E-state index is 11.1. The number of aryl methyl sites for hydroxylation is 2. The van der Waals surface area contributed by atoms with Crippen molar-refractivity contribution in [2.75, 3.05) is 6.54 Å². The van der Waals surface area contributed by atoms with Crippen LogP contribution < -0.4 is 0 Å². The number of aromatic nitrogens is 2. The van der Waals surface area contributed by atoms with E-state index in [1.54, 1.807) is 0 Å². The molecule has 19 heavy (non-hydrogen) atoms. The minimum absolute atomic E-state index is 0.128. The second kappa shape index (κ2) is 6.19. The van der Waals surface area contributed by atoms with Gasteiger partial charge in [-0.15, -0.1) is 0 Å². The van der Waals surface area contributed by atoms with Crippen LogP contribution in [0.1, 0.15) is 43.9 Å². The van der Waals surface area contributed by atoms with E-state index in [1.807, 2.05) is 17.9 Å². The van der Waals surface area contributed by atoms with Crippen LogP contribution in [0.15, 0.2) is 6.20 Å². The Hall–Kier alpha value is -1.36. The zero-order valence-corrected chi connectivity index (χ0v) is 11.8. The summed E-state index contributed by atoms with van der Waals surface area (Å²) in [7, 11) is 1.92. The largest absolute Gasteiger partial charge is 0.480 e. The Kier molecular flexibility index (Phi) is 4.58. The van der Waals surface area contributed by atoms with Gasteiger partial charge >= 0.3 is 5.97 Å². The molecule has 0 aromatic carbocycles. The lowest BCUT2D eigenvalue weighted by molar-refractivity contribution is -0.139. The molecule has 1 aliphatic rings. The van der Waals surface area contributed by atoms with Crippen molar-refractivity contribution in [2.24, 2.45) is 7.05 Å². The Bertz CT molecular complexity index is 436. The van der Waals surface area contributed by atoms with Gasteiger partial charge in [0.25, 0.3) is 0 Å². The number of aliphatic carboxylic acids is 1. The number of hydrogen-bond acceptors (Lipinski definition) is 3. The smallest absolute Gasteiger partial charge is 0.317 e. The Morgan fingerprint density at radius 1 is 1.53 bits per heavy atom. The van der Waals surface area contributed by atoms with Gasteiger partial charge in [-0.1, -0.05) is 19.8 Å². The summed E-state index contributed by atoms with van der Waals surface area (Å²) in [4.78, 5) is 13.2. The highest BCUT2D eigenvalue weighted by Crippen LogP contribution is 2.25. The fraction of sp³-hybridized carbons (Fsp3) is 0.714. The molecule has 5 heteroatoms. The molecule has 1 aliphatic carbocycles. The number of carboxylic acid groups (broad SMARTS) is 1. The average Bonchev–Trinajstić information content (AvgIpc) is 2.96. The molecule has 1 fully saturated rings. The van der Waals surface area contributed by atoms with Gasteiger partial charge in [-0.3, -0.25) is 14.4 Å². The molecule has 0 spiro atoms. The van der Waals surface area contributed by atoms with E-state index in [2.05, 4.69) is 16.9 Å². The molecule has 1 aromatic heterocycles. The molecule has 1 heterocycles. The van der Waals surface area contributed by atoms with Gasteiger partial charge in [-0.25, -0.2) is 0 Å². The van der Waals surface area contributed by atoms with Crippen molar-refractivity contribution in [3.8, 4) is 0 Å². The fourth-order valence-corrected chi connectivity index (χ4v) is 2.99. The van der Waals surface area contributed by atoms with Crippen LogP contribution in [0.5, 0.6) is 0 Å². The van der Waals surface area contributed by atoms with Crippen LogP contribution in [0.4, 0.5) is 0 Å². The Morgan fingerprint density at radius 2 is 2.21 bits per heavy atom. The van der Waals surface area contributed by atoms with Gasteiger partial charge in [0.15, 0.2) is 0 Å². The van der Waals surface area contributed by atoms with E-state index in [0.717, 1.165) is 30.5 Å². The van der Waals surface area contributed by atoms with Crippen LogP contribution in [-0.4, -0.2) is 38.3 Å². The van der Waals surface area contributed by atoms with Crippen LogP contribution in [-0.2, 0) is 24.8 Å². The van der Waals surface area contributed by atoms with E-state index < -0.39 is 5.97 Å². The Labute approximate surface area is 114 Å². The molecular weight excluding hydrogens is 242 g/mol. The van der Waals surface area contributed by atoms with Crippen LogP contribution in [0, 0.1) is 0 Å². The zero-order chi connectivity index (χ0) is 13.8. The molecule has 5 nitrogen and oxygen atoms in total. The summed E-state index contributed by atoms with van der Waals surface area (Å²) in [5, 5.41) is 13.5. The molecule has 0 radical (unpaired) electrons. The summed E-state index contributed by atoms with van der Waals surface area (Å²) in [6.45, 7) is 2.92. The number of nitrogens with zero attached hydrogens (tertiary/aromatic N) is 3. The van der Waals surface area contributed by atoms with Crippen molar-refractivity contribution in [3.05, 3.63) is 17.5 Å². The molecule has 2 rings (SSSR count).